The minimum absolute atomic E-state index is 0.0463. The highest BCUT2D eigenvalue weighted by atomic mass is 16.5. The SMILES string of the molecule is CCNc1cc(NCC(C)(C)N(C)C)nc(COC)n1. The summed E-state index contributed by atoms with van der Waals surface area (Å²) in [6, 6.07) is 1.92. The van der Waals surface area contributed by atoms with E-state index in [0.29, 0.717) is 12.4 Å². The molecule has 0 radical (unpaired) electrons. The van der Waals surface area contributed by atoms with Gasteiger partial charge in [0.15, 0.2) is 5.82 Å². The van der Waals surface area contributed by atoms with Crippen LogP contribution in [0.25, 0.3) is 0 Å². The molecule has 1 aromatic heterocycles. The largest absolute Gasteiger partial charge is 0.377 e. The van der Waals surface area contributed by atoms with E-state index in [1.807, 2.05) is 13.0 Å². The van der Waals surface area contributed by atoms with Gasteiger partial charge in [-0.1, -0.05) is 0 Å². The second-order valence-corrected chi connectivity index (χ2v) is 5.58. The second kappa shape index (κ2) is 7.40. The Morgan fingerprint density at radius 1 is 1.20 bits per heavy atom. The number of likely N-dealkylation sites (N-methyl/N-ethyl adjacent to an activating group) is 1. The molecule has 0 fully saturated rings. The molecular formula is C14H27N5O. The first-order valence-electron chi connectivity index (χ1n) is 6.91. The molecule has 1 rings (SSSR count). The summed E-state index contributed by atoms with van der Waals surface area (Å²) in [5.74, 6) is 2.31. The van der Waals surface area contributed by atoms with Crippen molar-refractivity contribution in [3.63, 3.8) is 0 Å². The van der Waals surface area contributed by atoms with E-state index in [1.165, 1.54) is 0 Å². The zero-order valence-corrected chi connectivity index (χ0v) is 13.4. The number of nitrogens with one attached hydrogen (secondary N) is 2. The number of rotatable bonds is 8. The molecular weight excluding hydrogens is 254 g/mol. The molecule has 0 aliphatic rings. The van der Waals surface area contributed by atoms with Gasteiger partial charge in [-0.25, -0.2) is 9.97 Å². The summed E-state index contributed by atoms with van der Waals surface area (Å²) in [5, 5.41) is 6.59. The molecule has 1 heterocycles. The maximum Gasteiger partial charge on any atom is 0.158 e. The van der Waals surface area contributed by atoms with Crippen molar-refractivity contribution in [1.29, 1.82) is 0 Å². The van der Waals surface area contributed by atoms with E-state index in [2.05, 4.69) is 53.4 Å². The van der Waals surface area contributed by atoms with Crippen LogP contribution in [0.1, 0.15) is 26.6 Å². The van der Waals surface area contributed by atoms with Gasteiger partial charge in [0.25, 0.3) is 0 Å². The molecule has 0 spiro atoms. The molecule has 0 amide bonds. The molecule has 0 unspecified atom stereocenters. The van der Waals surface area contributed by atoms with Crippen LogP contribution in [-0.4, -0.2) is 54.7 Å². The minimum Gasteiger partial charge on any atom is -0.377 e. The van der Waals surface area contributed by atoms with Gasteiger partial charge in [-0.05, 0) is 34.9 Å². The smallest absolute Gasteiger partial charge is 0.158 e. The van der Waals surface area contributed by atoms with E-state index < -0.39 is 0 Å². The van der Waals surface area contributed by atoms with Crippen molar-refractivity contribution in [3.05, 3.63) is 11.9 Å². The molecule has 0 aromatic carbocycles. The van der Waals surface area contributed by atoms with Gasteiger partial charge in [-0.2, -0.15) is 0 Å². The zero-order valence-electron chi connectivity index (χ0n) is 13.4. The van der Waals surface area contributed by atoms with Gasteiger partial charge in [0.1, 0.15) is 18.2 Å². The van der Waals surface area contributed by atoms with Crippen LogP contribution >= 0.6 is 0 Å². The molecule has 6 heteroatoms. The molecule has 2 N–H and O–H groups in total. The Morgan fingerprint density at radius 3 is 2.30 bits per heavy atom. The Bertz CT molecular complexity index is 396. The normalized spacial score (nSPS) is 11.8. The van der Waals surface area contributed by atoms with Gasteiger partial charge in [-0.15, -0.1) is 0 Å². The predicted octanol–water partition coefficient (Wildman–Crippen LogP) is 1.81. The molecule has 20 heavy (non-hydrogen) atoms. The maximum absolute atomic E-state index is 5.11. The molecule has 0 saturated heterocycles. The lowest BCUT2D eigenvalue weighted by Crippen LogP contribution is -2.44. The molecule has 0 aliphatic carbocycles. The van der Waals surface area contributed by atoms with Crippen molar-refractivity contribution in [2.45, 2.75) is 32.9 Å². The first-order chi connectivity index (χ1) is 9.39. The lowest BCUT2D eigenvalue weighted by atomic mass is 10.0. The Labute approximate surface area is 121 Å². The highest BCUT2D eigenvalue weighted by Gasteiger charge is 2.20. The average molecular weight is 281 g/mol. The van der Waals surface area contributed by atoms with Crippen molar-refractivity contribution in [2.24, 2.45) is 0 Å². The van der Waals surface area contributed by atoms with Crippen LogP contribution < -0.4 is 10.6 Å². The molecule has 0 saturated carbocycles. The molecule has 1 aromatic rings. The summed E-state index contributed by atoms with van der Waals surface area (Å²) in [7, 11) is 5.79. The van der Waals surface area contributed by atoms with E-state index in [1.54, 1.807) is 7.11 Å². The van der Waals surface area contributed by atoms with Gasteiger partial charge in [-0.3, -0.25) is 0 Å². The summed E-state index contributed by atoms with van der Waals surface area (Å²) in [5.41, 5.74) is 0.0463. The van der Waals surface area contributed by atoms with Crippen molar-refractivity contribution in [2.75, 3.05) is 44.9 Å². The van der Waals surface area contributed by atoms with Gasteiger partial charge in [0, 0.05) is 31.8 Å². The van der Waals surface area contributed by atoms with Crippen LogP contribution in [0.15, 0.2) is 6.07 Å². The highest BCUT2D eigenvalue weighted by molar-refractivity contribution is 5.47. The van der Waals surface area contributed by atoms with Crippen LogP contribution in [0.3, 0.4) is 0 Å². The number of hydrogen-bond donors (Lipinski definition) is 2. The highest BCUT2D eigenvalue weighted by Crippen LogP contribution is 2.15. The van der Waals surface area contributed by atoms with E-state index >= 15 is 0 Å². The number of hydrogen-bond acceptors (Lipinski definition) is 6. The topological polar surface area (TPSA) is 62.3 Å². The molecule has 6 nitrogen and oxygen atoms in total. The molecule has 0 aliphatic heterocycles. The fourth-order valence-corrected chi connectivity index (χ4v) is 1.52. The lowest BCUT2D eigenvalue weighted by molar-refractivity contribution is 0.178. The van der Waals surface area contributed by atoms with Crippen molar-refractivity contribution in [1.82, 2.24) is 14.9 Å². The van der Waals surface area contributed by atoms with Crippen molar-refractivity contribution in [3.8, 4) is 0 Å². The Balaban J connectivity index is 2.82. The van der Waals surface area contributed by atoms with Crippen molar-refractivity contribution >= 4 is 11.6 Å². The maximum atomic E-state index is 5.11. The average Bonchev–Trinajstić information content (AvgIpc) is 2.37. The number of aromatic nitrogens is 2. The standard InChI is InChI=1S/C14H27N5O/c1-7-15-11-8-12(18-13(17-11)9-20-6)16-10-14(2,3)19(4)5/h8H,7,9-10H2,1-6H3,(H2,15,16,17,18). The minimum atomic E-state index is 0.0463. The summed E-state index contributed by atoms with van der Waals surface area (Å²) in [4.78, 5) is 11.0. The Hall–Kier alpha value is -1.40. The second-order valence-electron chi connectivity index (χ2n) is 5.58. The van der Waals surface area contributed by atoms with E-state index in [-0.39, 0.29) is 5.54 Å². The van der Waals surface area contributed by atoms with Gasteiger partial charge < -0.3 is 20.3 Å². The van der Waals surface area contributed by atoms with Crippen LogP contribution in [-0.2, 0) is 11.3 Å². The fourth-order valence-electron chi connectivity index (χ4n) is 1.52. The van der Waals surface area contributed by atoms with E-state index in [0.717, 1.165) is 24.7 Å². The third kappa shape index (κ3) is 4.94. The van der Waals surface area contributed by atoms with E-state index in [9.17, 15) is 0 Å². The van der Waals surface area contributed by atoms with E-state index in [4.69, 9.17) is 4.74 Å². The monoisotopic (exact) mass is 281 g/mol. The Morgan fingerprint density at radius 2 is 1.80 bits per heavy atom. The van der Waals surface area contributed by atoms with Crippen LogP contribution in [0.2, 0.25) is 0 Å². The van der Waals surface area contributed by atoms with Crippen LogP contribution in [0, 0.1) is 0 Å². The first kappa shape index (κ1) is 16.7. The summed E-state index contributed by atoms with van der Waals surface area (Å²) in [6.45, 7) is 8.44. The fraction of sp³-hybridized carbons (Fsp3) is 0.714. The predicted molar refractivity (Wildman–Crippen MR) is 83.2 cm³/mol. The molecule has 114 valence electrons. The number of ether oxygens (including phenoxy) is 1. The summed E-state index contributed by atoms with van der Waals surface area (Å²) in [6.07, 6.45) is 0. The summed E-state index contributed by atoms with van der Waals surface area (Å²) >= 11 is 0. The number of methoxy groups -OCH3 is 1. The molecule has 0 bridgehead atoms. The van der Waals surface area contributed by atoms with Gasteiger partial charge in [0.2, 0.25) is 0 Å². The van der Waals surface area contributed by atoms with Gasteiger partial charge >= 0.3 is 0 Å². The van der Waals surface area contributed by atoms with Crippen LogP contribution in [0.4, 0.5) is 11.6 Å². The quantitative estimate of drug-likeness (QED) is 0.758. The number of anilines is 2. The van der Waals surface area contributed by atoms with Gasteiger partial charge in [0.05, 0.1) is 0 Å². The number of nitrogens with zero attached hydrogens (tertiary/aromatic N) is 3. The third-order valence-corrected chi connectivity index (χ3v) is 3.32. The summed E-state index contributed by atoms with van der Waals surface area (Å²) < 4.78 is 5.11. The molecule has 0 atom stereocenters. The van der Waals surface area contributed by atoms with Crippen molar-refractivity contribution < 1.29 is 4.74 Å². The lowest BCUT2D eigenvalue weighted by Gasteiger charge is -2.32. The first-order valence-corrected chi connectivity index (χ1v) is 6.91. The Kier molecular flexibility index (Phi) is 6.16. The zero-order chi connectivity index (χ0) is 15.2. The third-order valence-electron chi connectivity index (χ3n) is 3.32. The van der Waals surface area contributed by atoms with Crippen LogP contribution in [0.5, 0.6) is 0 Å².